The molecule has 2 N–H and O–H groups in total. The van der Waals surface area contributed by atoms with E-state index in [0.717, 1.165) is 0 Å². The average Bonchev–Trinajstić information content (AvgIpc) is 2.48. The number of ketones is 2. The quantitative estimate of drug-likeness (QED) is 0.729. The summed E-state index contributed by atoms with van der Waals surface area (Å²) in [5.74, 6) is -1.08. The lowest BCUT2D eigenvalue weighted by Gasteiger charge is -2.30. The molecular formula is C16H23NO5. The van der Waals surface area contributed by atoms with Gasteiger partial charge in [-0.3, -0.25) is 14.4 Å². The van der Waals surface area contributed by atoms with Gasteiger partial charge in [0, 0.05) is 42.9 Å². The van der Waals surface area contributed by atoms with E-state index < -0.39 is 17.6 Å². The van der Waals surface area contributed by atoms with Crippen LogP contribution in [0.25, 0.3) is 0 Å². The molecule has 0 aromatic carbocycles. The Morgan fingerprint density at radius 3 is 2.14 bits per heavy atom. The normalized spacial score (nSPS) is 20.1. The van der Waals surface area contributed by atoms with Gasteiger partial charge in [0.1, 0.15) is 5.60 Å². The first kappa shape index (κ1) is 18.3. The predicted molar refractivity (Wildman–Crippen MR) is 81.2 cm³/mol. The van der Waals surface area contributed by atoms with E-state index in [2.05, 4.69) is 5.32 Å². The average molecular weight is 309 g/mol. The van der Waals surface area contributed by atoms with Gasteiger partial charge in [0.05, 0.1) is 6.10 Å². The van der Waals surface area contributed by atoms with E-state index in [4.69, 9.17) is 4.74 Å². The zero-order valence-electron chi connectivity index (χ0n) is 13.9. The molecule has 0 saturated heterocycles. The van der Waals surface area contributed by atoms with Gasteiger partial charge in [-0.2, -0.15) is 0 Å². The maximum Gasteiger partial charge on any atom is 0.251 e. The van der Waals surface area contributed by atoms with Crippen molar-refractivity contribution in [3.8, 4) is 0 Å². The first-order valence-corrected chi connectivity index (χ1v) is 7.03. The van der Waals surface area contributed by atoms with E-state index >= 15 is 0 Å². The Morgan fingerprint density at radius 2 is 1.68 bits per heavy atom. The van der Waals surface area contributed by atoms with E-state index in [9.17, 15) is 19.5 Å². The molecule has 0 aromatic rings. The van der Waals surface area contributed by atoms with Gasteiger partial charge in [0.2, 0.25) is 0 Å². The topological polar surface area (TPSA) is 92.7 Å². The monoisotopic (exact) mass is 309 g/mol. The number of aliphatic hydroxyl groups is 1. The molecule has 0 heterocycles. The standard InChI is InChI=1S/C16H23NO5/c1-8-9(2)14(19)12(10(3)13(8)18)11(22-6)7-16(4,21)15(20)17-5/h11,21H,7H2,1-6H3,(H,17,20). The molecule has 6 nitrogen and oxygen atoms in total. The van der Waals surface area contributed by atoms with Crippen LogP contribution in [-0.4, -0.2) is 48.4 Å². The maximum absolute atomic E-state index is 12.5. The first-order valence-electron chi connectivity index (χ1n) is 7.03. The van der Waals surface area contributed by atoms with Crippen LogP contribution >= 0.6 is 0 Å². The predicted octanol–water partition coefficient (Wildman–Crippen LogP) is 0.693. The molecule has 2 atom stereocenters. The third-order valence-corrected chi connectivity index (χ3v) is 4.14. The van der Waals surface area contributed by atoms with Gasteiger partial charge < -0.3 is 15.2 Å². The maximum atomic E-state index is 12.5. The van der Waals surface area contributed by atoms with Gasteiger partial charge in [0.15, 0.2) is 11.6 Å². The van der Waals surface area contributed by atoms with E-state index in [1.54, 1.807) is 20.8 Å². The molecule has 1 aliphatic carbocycles. The number of hydrogen-bond acceptors (Lipinski definition) is 5. The number of methoxy groups -OCH3 is 1. The summed E-state index contributed by atoms with van der Waals surface area (Å²) >= 11 is 0. The molecule has 0 aromatic heterocycles. The van der Waals surface area contributed by atoms with Crippen molar-refractivity contribution >= 4 is 17.5 Å². The summed E-state index contributed by atoms with van der Waals surface area (Å²) in [6.45, 7) is 6.10. The summed E-state index contributed by atoms with van der Waals surface area (Å²) in [5.41, 5.74) is -0.422. The van der Waals surface area contributed by atoms with Crippen molar-refractivity contribution in [3.05, 3.63) is 22.3 Å². The second-order valence-corrected chi connectivity index (χ2v) is 5.73. The van der Waals surface area contributed by atoms with Gasteiger partial charge in [-0.15, -0.1) is 0 Å². The molecular weight excluding hydrogens is 286 g/mol. The van der Waals surface area contributed by atoms with Gasteiger partial charge in [-0.25, -0.2) is 0 Å². The summed E-state index contributed by atoms with van der Waals surface area (Å²) in [7, 11) is 2.79. The van der Waals surface area contributed by atoms with Gasteiger partial charge >= 0.3 is 0 Å². The molecule has 122 valence electrons. The van der Waals surface area contributed by atoms with Crippen LogP contribution in [0, 0.1) is 0 Å². The summed E-state index contributed by atoms with van der Waals surface area (Å²) in [5, 5.41) is 12.6. The van der Waals surface area contributed by atoms with Gasteiger partial charge in [-0.1, -0.05) is 0 Å². The lowest BCUT2D eigenvalue weighted by Crippen LogP contribution is -2.46. The van der Waals surface area contributed by atoms with Crippen molar-refractivity contribution in [1.82, 2.24) is 5.32 Å². The summed E-state index contributed by atoms with van der Waals surface area (Å²) in [6, 6.07) is 0. The smallest absolute Gasteiger partial charge is 0.251 e. The number of allylic oxidation sites excluding steroid dienone is 3. The van der Waals surface area contributed by atoms with Crippen molar-refractivity contribution in [2.24, 2.45) is 0 Å². The van der Waals surface area contributed by atoms with E-state index in [0.29, 0.717) is 16.7 Å². The second kappa shape index (κ2) is 6.54. The lowest BCUT2D eigenvalue weighted by molar-refractivity contribution is -0.140. The summed E-state index contributed by atoms with van der Waals surface area (Å²) < 4.78 is 5.30. The zero-order valence-corrected chi connectivity index (χ0v) is 13.9. The van der Waals surface area contributed by atoms with Crippen LogP contribution in [-0.2, 0) is 19.1 Å². The van der Waals surface area contributed by atoms with Crippen LogP contribution in [0.2, 0.25) is 0 Å². The first-order chi connectivity index (χ1) is 10.1. The SMILES string of the molecule is CNC(=O)C(C)(O)CC(OC)C1=C(C)C(=O)C(C)=C(C)C1=O. The summed E-state index contributed by atoms with van der Waals surface area (Å²) in [4.78, 5) is 36.4. The highest BCUT2D eigenvalue weighted by Gasteiger charge is 2.39. The van der Waals surface area contributed by atoms with Crippen LogP contribution in [0.15, 0.2) is 22.3 Å². The van der Waals surface area contributed by atoms with Crippen LogP contribution in [0.1, 0.15) is 34.1 Å². The van der Waals surface area contributed by atoms with Crippen molar-refractivity contribution in [3.63, 3.8) is 0 Å². The van der Waals surface area contributed by atoms with Gasteiger partial charge in [-0.05, 0) is 27.7 Å². The fourth-order valence-electron chi connectivity index (χ4n) is 2.53. The molecule has 0 spiro atoms. The fraction of sp³-hybridized carbons (Fsp3) is 0.562. The molecule has 0 fully saturated rings. The van der Waals surface area contributed by atoms with Crippen molar-refractivity contribution < 1.29 is 24.2 Å². The number of carbonyl (C=O) groups is 3. The lowest BCUT2D eigenvalue weighted by atomic mass is 9.80. The molecule has 0 aliphatic heterocycles. The Kier molecular flexibility index (Phi) is 5.43. The number of nitrogens with one attached hydrogen (secondary N) is 1. The number of ether oxygens (including phenoxy) is 1. The Hall–Kier alpha value is -1.79. The Bertz CT molecular complexity index is 583. The Labute approximate surface area is 130 Å². The highest BCUT2D eigenvalue weighted by molar-refractivity contribution is 6.25. The number of rotatable bonds is 5. The molecule has 1 rings (SSSR count). The largest absolute Gasteiger partial charge is 0.380 e. The molecule has 0 saturated carbocycles. The van der Waals surface area contributed by atoms with Gasteiger partial charge in [0.25, 0.3) is 5.91 Å². The van der Waals surface area contributed by atoms with Crippen molar-refractivity contribution in [1.29, 1.82) is 0 Å². The third kappa shape index (κ3) is 3.18. The molecule has 6 heteroatoms. The third-order valence-electron chi connectivity index (χ3n) is 4.14. The number of hydrogen-bond donors (Lipinski definition) is 2. The molecule has 0 radical (unpaired) electrons. The van der Waals surface area contributed by atoms with E-state index in [-0.39, 0.29) is 23.6 Å². The fourth-order valence-corrected chi connectivity index (χ4v) is 2.53. The minimum Gasteiger partial charge on any atom is -0.380 e. The molecule has 1 aliphatic rings. The number of Topliss-reactive ketones (excluding diaryl/α,β-unsaturated/α-hetero) is 2. The molecule has 1 amide bonds. The van der Waals surface area contributed by atoms with Crippen molar-refractivity contribution in [2.45, 2.75) is 45.8 Å². The van der Waals surface area contributed by atoms with Crippen LogP contribution in [0.3, 0.4) is 0 Å². The number of likely N-dealkylation sites (N-methyl/N-ethyl adjacent to an activating group) is 1. The minimum atomic E-state index is -1.71. The van der Waals surface area contributed by atoms with Crippen LogP contribution in [0.4, 0.5) is 0 Å². The zero-order chi connectivity index (χ0) is 17.2. The minimum absolute atomic E-state index is 0.124. The molecule has 0 bridgehead atoms. The Morgan fingerprint density at radius 1 is 1.18 bits per heavy atom. The Balaban J connectivity index is 3.23. The van der Waals surface area contributed by atoms with E-state index in [1.165, 1.54) is 21.1 Å². The number of carbonyl (C=O) groups excluding carboxylic acids is 3. The van der Waals surface area contributed by atoms with Crippen molar-refractivity contribution in [2.75, 3.05) is 14.2 Å². The summed E-state index contributed by atoms with van der Waals surface area (Å²) in [6.07, 6.45) is -0.965. The van der Waals surface area contributed by atoms with E-state index in [1.807, 2.05) is 0 Å². The highest BCUT2D eigenvalue weighted by Crippen LogP contribution is 2.30. The number of amides is 1. The van der Waals surface area contributed by atoms with Crippen LogP contribution < -0.4 is 5.32 Å². The molecule has 2 unspecified atom stereocenters. The second-order valence-electron chi connectivity index (χ2n) is 5.73. The van der Waals surface area contributed by atoms with Crippen LogP contribution in [0.5, 0.6) is 0 Å². The molecule has 22 heavy (non-hydrogen) atoms. The highest BCUT2D eigenvalue weighted by atomic mass is 16.5.